The van der Waals surface area contributed by atoms with Crippen molar-refractivity contribution in [3.8, 4) is 0 Å². The van der Waals surface area contributed by atoms with Crippen LogP contribution in [-0.4, -0.2) is 55.8 Å². The molecule has 1 N–H and O–H groups in total. The summed E-state index contributed by atoms with van der Waals surface area (Å²) in [4.78, 5) is 0. The van der Waals surface area contributed by atoms with E-state index in [0.717, 1.165) is 32.4 Å². The Labute approximate surface area is 111 Å². The van der Waals surface area contributed by atoms with Crippen molar-refractivity contribution in [3.05, 3.63) is 0 Å². The third kappa shape index (κ3) is 3.04. The first-order valence-corrected chi connectivity index (χ1v) is 8.39. The van der Waals surface area contributed by atoms with E-state index in [0.29, 0.717) is 25.6 Å². The molecule has 2 heterocycles. The van der Waals surface area contributed by atoms with E-state index in [9.17, 15) is 8.42 Å². The SMILES string of the molecule is CC1CCN(S(=O)(=O)N2CCCNCC2)C(C)C1. The van der Waals surface area contributed by atoms with E-state index in [4.69, 9.17) is 0 Å². The van der Waals surface area contributed by atoms with Crippen molar-refractivity contribution in [2.24, 2.45) is 5.92 Å². The Morgan fingerprint density at radius 2 is 1.89 bits per heavy atom. The first kappa shape index (κ1) is 14.2. The number of nitrogens with one attached hydrogen (secondary N) is 1. The summed E-state index contributed by atoms with van der Waals surface area (Å²) >= 11 is 0. The van der Waals surface area contributed by atoms with E-state index in [1.807, 2.05) is 6.92 Å². The molecular weight excluding hydrogens is 250 g/mol. The summed E-state index contributed by atoms with van der Waals surface area (Å²) < 4.78 is 28.6. The van der Waals surface area contributed by atoms with Gasteiger partial charge in [-0.05, 0) is 38.6 Å². The zero-order valence-electron chi connectivity index (χ0n) is 11.4. The number of nitrogens with zero attached hydrogens (tertiary/aromatic N) is 2. The Balaban J connectivity index is 2.09. The van der Waals surface area contributed by atoms with Gasteiger partial charge in [0.05, 0.1) is 0 Å². The van der Waals surface area contributed by atoms with Crippen molar-refractivity contribution in [1.29, 1.82) is 0 Å². The molecule has 5 nitrogen and oxygen atoms in total. The average Bonchev–Trinajstić information content (AvgIpc) is 2.57. The molecule has 2 unspecified atom stereocenters. The standard InChI is InChI=1S/C12H25N3O2S/c1-11-4-8-15(12(2)10-11)18(16,17)14-7-3-5-13-6-9-14/h11-13H,3-10H2,1-2H3. The highest BCUT2D eigenvalue weighted by molar-refractivity contribution is 7.86. The van der Waals surface area contributed by atoms with Crippen molar-refractivity contribution >= 4 is 10.2 Å². The molecular formula is C12H25N3O2S. The Bertz CT molecular complexity index is 364. The summed E-state index contributed by atoms with van der Waals surface area (Å²) in [5.41, 5.74) is 0. The lowest BCUT2D eigenvalue weighted by Crippen LogP contribution is -2.51. The molecule has 0 aromatic rings. The van der Waals surface area contributed by atoms with Crippen molar-refractivity contribution in [3.63, 3.8) is 0 Å². The van der Waals surface area contributed by atoms with E-state index in [-0.39, 0.29) is 6.04 Å². The molecule has 0 aromatic carbocycles. The lowest BCUT2D eigenvalue weighted by molar-refractivity contribution is 0.205. The van der Waals surface area contributed by atoms with E-state index < -0.39 is 10.2 Å². The van der Waals surface area contributed by atoms with Crippen LogP contribution in [0.15, 0.2) is 0 Å². The van der Waals surface area contributed by atoms with Gasteiger partial charge in [-0.2, -0.15) is 17.0 Å². The van der Waals surface area contributed by atoms with Crippen molar-refractivity contribution in [1.82, 2.24) is 13.9 Å². The van der Waals surface area contributed by atoms with Crippen LogP contribution in [0.5, 0.6) is 0 Å². The summed E-state index contributed by atoms with van der Waals surface area (Å²) in [6, 6.07) is 0.134. The summed E-state index contributed by atoms with van der Waals surface area (Å²) in [6.45, 7) is 7.83. The van der Waals surface area contributed by atoms with E-state index in [2.05, 4.69) is 12.2 Å². The van der Waals surface area contributed by atoms with Crippen LogP contribution in [0.3, 0.4) is 0 Å². The topological polar surface area (TPSA) is 52.7 Å². The number of piperidine rings is 1. The van der Waals surface area contributed by atoms with Crippen LogP contribution in [0.2, 0.25) is 0 Å². The molecule has 6 heteroatoms. The Kier molecular flexibility index (Phi) is 4.64. The van der Waals surface area contributed by atoms with Gasteiger partial charge in [-0.3, -0.25) is 0 Å². The van der Waals surface area contributed by atoms with E-state index in [1.54, 1.807) is 8.61 Å². The summed E-state index contributed by atoms with van der Waals surface area (Å²) in [7, 11) is -3.25. The minimum absolute atomic E-state index is 0.134. The fourth-order valence-corrected chi connectivity index (χ4v) is 4.78. The summed E-state index contributed by atoms with van der Waals surface area (Å²) in [5, 5.41) is 3.25. The first-order chi connectivity index (χ1) is 8.51. The van der Waals surface area contributed by atoms with Gasteiger partial charge in [0.25, 0.3) is 10.2 Å². The van der Waals surface area contributed by atoms with Crippen LogP contribution in [0, 0.1) is 5.92 Å². The van der Waals surface area contributed by atoms with Gasteiger partial charge in [0.2, 0.25) is 0 Å². The van der Waals surface area contributed by atoms with Crippen LogP contribution in [0.25, 0.3) is 0 Å². The van der Waals surface area contributed by atoms with Crippen LogP contribution >= 0.6 is 0 Å². The molecule has 0 amide bonds. The lowest BCUT2D eigenvalue weighted by Gasteiger charge is -2.38. The molecule has 2 rings (SSSR count). The van der Waals surface area contributed by atoms with E-state index >= 15 is 0 Å². The van der Waals surface area contributed by atoms with Gasteiger partial charge in [0.1, 0.15) is 0 Å². The molecule has 0 bridgehead atoms. The smallest absolute Gasteiger partial charge is 0.282 e. The highest BCUT2D eigenvalue weighted by Gasteiger charge is 2.36. The average molecular weight is 275 g/mol. The molecule has 2 aliphatic rings. The monoisotopic (exact) mass is 275 g/mol. The minimum atomic E-state index is -3.25. The fraction of sp³-hybridized carbons (Fsp3) is 1.00. The maximum absolute atomic E-state index is 12.6. The molecule has 2 saturated heterocycles. The van der Waals surface area contributed by atoms with Crippen LogP contribution in [0.1, 0.15) is 33.1 Å². The second kappa shape index (κ2) is 5.86. The molecule has 2 atom stereocenters. The molecule has 0 aromatic heterocycles. The van der Waals surface area contributed by atoms with Crippen LogP contribution < -0.4 is 5.32 Å². The Morgan fingerprint density at radius 3 is 2.61 bits per heavy atom. The van der Waals surface area contributed by atoms with Gasteiger partial charge < -0.3 is 5.32 Å². The third-order valence-corrected chi connectivity index (χ3v) is 6.15. The molecule has 0 saturated carbocycles. The second-order valence-corrected chi connectivity index (χ2v) is 7.48. The predicted octanol–water partition coefficient (Wildman–Crippen LogP) is 0.647. The van der Waals surface area contributed by atoms with Gasteiger partial charge in [-0.1, -0.05) is 6.92 Å². The molecule has 18 heavy (non-hydrogen) atoms. The van der Waals surface area contributed by atoms with Crippen molar-refractivity contribution < 1.29 is 8.42 Å². The van der Waals surface area contributed by atoms with Gasteiger partial charge in [-0.15, -0.1) is 0 Å². The van der Waals surface area contributed by atoms with Gasteiger partial charge in [0, 0.05) is 32.2 Å². The maximum atomic E-state index is 12.6. The maximum Gasteiger partial charge on any atom is 0.282 e. The summed E-state index contributed by atoms with van der Waals surface area (Å²) in [5.74, 6) is 0.636. The third-order valence-electron chi connectivity index (χ3n) is 4.00. The first-order valence-electron chi connectivity index (χ1n) is 6.99. The predicted molar refractivity (Wildman–Crippen MR) is 72.5 cm³/mol. The van der Waals surface area contributed by atoms with E-state index in [1.165, 1.54) is 0 Å². The lowest BCUT2D eigenvalue weighted by atomic mass is 9.95. The van der Waals surface area contributed by atoms with Crippen LogP contribution in [0.4, 0.5) is 0 Å². The minimum Gasteiger partial charge on any atom is -0.315 e. The zero-order chi connectivity index (χ0) is 13.2. The molecule has 0 spiro atoms. The molecule has 2 aliphatic heterocycles. The molecule has 2 fully saturated rings. The normalized spacial score (nSPS) is 33.2. The zero-order valence-corrected chi connectivity index (χ0v) is 12.2. The quantitative estimate of drug-likeness (QED) is 0.805. The van der Waals surface area contributed by atoms with Crippen molar-refractivity contribution in [2.45, 2.75) is 39.2 Å². The molecule has 106 valence electrons. The number of rotatable bonds is 2. The van der Waals surface area contributed by atoms with Gasteiger partial charge in [0.15, 0.2) is 0 Å². The van der Waals surface area contributed by atoms with Gasteiger partial charge in [-0.25, -0.2) is 0 Å². The Hall–Kier alpha value is -0.170. The molecule has 0 aliphatic carbocycles. The Morgan fingerprint density at radius 1 is 1.11 bits per heavy atom. The fourth-order valence-electron chi connectivity index (χ4n) is 2.93. The molecule has 0 radical (unpaired) electrons. The highest BCUT2D eigenvalue weighted by atomic mass is 32.2. The summed E-state index contributed by atoms with van der Waals surface area (Å²) in [6.07, 6.45) is 2.86. The van der Waals surface area contributed by atoms with Crippen LogP contribution in [-0.2, 0) is 10.2 Å². The second-order valence-electron chi connectivity index (χ2n) is 5.60. The van der Waals surface area contributed by atoms with Crippen molar-refractivity contribution in [2.75, 3.05) is 32.7 Å². The van der Waals surface area contributed by atoms with Gasteiger partial charge >= 0.3 is 0 Å². The highest BCUT2D eigenvalue weighted by Crippen LogP contribution is 2.26. The largest absolute Gasteiger partial charge is 0.315 e. The number of hydrogen-bond acceptors (Lipinski definition) is 3. The number of hydrogen-bond donors (Lipinski definition) is 1.